The Hall–Kier alpha value is -2.28. The van der Waals surface area contributed by atoms with Gasteiger partial charge in [-0.1, -0.05) is 106 Å². The highest BCUT2D eigenvalue weighted by molar-refractivity contribution is 6.99. The van der Waals surface area contributed by atoms with Crippen LogP contribution in [0.4, 0.5) is 0 Å². The molecule has 0 radical (unpaired) electrons. The van der Waals surface area contributed by atoms with Gasteiger partial charge in [-0.05, 0) is 26.5 Å². The van der Waals surface area contributed by atoms with E-state index in [1.807, 2.05) is 12.1 Å². The minimum atomic E-state index is -2.62. The van der Waals surface area contributed by atoms with Gasteiger partial charge in [0.25, 0.3) is 8.32 Å². The number of hydrogen-bond acceptors (Lipinski definition) is 4. The Morgan fingerprint density at radius 3 is 2.15 bits per heavy atom. The first-order valence-corrected chi connectivity index (χ1v) is 14.0. The predicted molar refractivity (Wildman–Crippen MR) is 137 cm³/mol. The second-order valence-electron chi connectivity index (χ2n) is 10.6. The van der Waals surface area contributed by atoms with E-state index in [4.69, 9.17) is 13.9 Å². The second-order valence-corrected chi connectivity index (χ2v) is 14.9. The summed E-state index contributed by atoms with van der Waals surface area (Å²) in [6.45, 7) is 7.91. The molecule has 1 N–H and O–H groups in total. The molecule has 0 spiro atoms. The molecule has 2 saturated heterocycles. The van der Waals surface area contributed by atoms with E-state index < -0.39 is 13.9 Å². The zero-order chi connectivity index (χ0) is 23.8. The van der Waals surface area contributed by atoms with Gasteiger partial charge in [0.1, 0.15) is 0 Å². The van der Waals surface area contributed by atoms with E-state index in [0.717, 1.165) is 11.1 Å². The quantitative estimate of drug-likeness (QED) is 0.535. The van der Waals surface area contributed by atoms with Gasteiger partial charge in [0.05, 0.1) is 24.9 Å². The van der Waals surface area contributed by atoms with Crippen molar-refractivity contribution < 1.29 is 19.0 Å². The largest absolute Gasteiger partial charge is 0.403 e. The maximum atomic E-state index is 11.5. The number of rotatable bonds is 6. The van der Waals surface area contributed by atoms with Crippen LogP contribution in [0.25, 0.3) is 0 Å². The monoisotopic (exact) mass is 474 g/mol. The van der Waals surface area contributed by atoms with Gasteiger partial charge in [-0.15, -0.1) is 0 Å². The molecule has 4 nitrogen and oxygen atoms in total. The first kappa shape index (κ1) is 23.5. The minimum Gasteiger partial charge on any atom is -0.403 e. The van der Waals surface area contributed by atoms with Crippen LogP contribution in [0.3, 0.4) is 0 Å². The van der Waals surface area contributed by atoms with Gasteiger partial charge in [0.2, 0.25) is 0 Å². The van der Waals surface area contributed by atoms with Crippen molar-refractivity contribution in [3.8, 4) is 0 Å². The number of aliphatic hydroxyl groups is 1. The first-order chi connectivity index (χ1) is 16.3. The number of benzene rings is 3. The molecule has 2 aliphatic rings. The van der Waals surface area contributed by atoms with E-state index in [1.54, 1.807) is 0 Å². The molecule has 2 heterocycles. The van der Waals surface area contributed by atoms with Crippen molar-refractivity contribution in [1.29, 1.82) is 0 Å². The average molecular weight is 475 g/mol. The minimum absolute atomic E-state index is 0.0410. The van der Waals surface area contributed by atoms with Gasteiger partial charge in [-0.25, -0.2) is 0 Å². The van der Waals surface area contributed by atoms with Crippen LogP contribution in [0, 0.1) is 0 Å². The van der Waals surface area contributed by atoms with Crippen molar-refractivity contribution >= 4 is 18.7 Å². The third-order valence-electron chi connectivity index (χ3n) is 7.22. The molecule has 178 valence electrons. The third kappa shape index (κ3) is 4.27. The predicted octanol–water partition coefficient (Wildman–Crippen LogP) is 4.49. The molecular weight excluding hydrogens is 440 g/mol. The lowest BCUT2D eigenvalue weighted by Gasteiger charge is -2.43. The van der Waals surface area contributed by atoms with E-state index in [-0.39, 0.29) is 17.4 Å². The van der Waals surface area contributed by atoms with Crippen molar-refractivity contribution in [2.45, 2.75) is 63.3 Å². The van der Waals surface area contributed by atoms with Crippen molar-refractivity contribution in [2.24, 2.45) is 0 Å². The number of fused-ring (bicyclic) bond motifs is 2. The summed E-state index contributed by atoms with van der Waals surface area (Å²) in [4.78, 5) is 0. The van der Waals surface area contributed by atoms with Gasteiger partial charge in [0.15, 0.2) is 6.29 Å². The summed E-state index contributed by atoms with van der Waals surface area (Å²) >= 11 is 0. The SMILES string of the molecule is CC(C)(C)[Si](OCc1cccc([C@]2(O)C[C@H]3CO[C@@H](C2)O3)c1)(c1ccccc1)c1ccccc1. The lowest BCUT2D eigenvalue weighted by molar-refractivity contribution is -0.159. The summed E-state index contributed by atoms with van der Waals surface area (Å²) in [7, 11) is -2.62. The van der Waals surface area contributed by atoms with E-state index >= 15 is 0 Å². The first-order valence-electron chi connectivity index (χ1n) is 12.1. The molecule has 2 aliphatic heterocycles. The Labute approximate surface area is 203 Å². The molecule has 3 aromatic rings. The highest BCUT2D eigenvalue weighted by Crippen LogP contribution is 2.42. The van der Waals surface area contributed by atoms with E-state index in [9.17, 15) is 5.11 Å². The highest BCUT2D eigenvalue weighted by Gasteiger charge is 2.50. The van der Waals surface area contributed by atoms with Crippen LogP contribution >= 0.6 is 0 Å². The molecule has 0 aliphatic carbocycles. The van der Waals surface area contributed by atoms with E-state index in [2.05, 4.69) is 93.6 Å². The molecular formula is C29H34O4Si. The van der Waals surface area contributed by atoms with E-state index in [1.165, 1.54) is 10.4 Å². The fourth-order valence-corrected chi connectivity index (χ4v) is 10.1. The molecule has 3 atom stereocenters. The average Bonchev–Trinajstić information content (AvgIpc) is 3.19. The van der Waals surface area contributed by atoms with Gasteiger partial charge in [-0.2, -0.15) is 0 Å². The van der Waals surface area contributed by atoms with Crippen LogP contribution < -0.4 is 10.4 Å². The molecule has 5 rings (SSSR count). The standard InChI is InChI=1S/C29H34O4Si/c1-28(2,3)34(25-13-6-4-7-14-25,26-15-8-5-9-16-26)32-20-22-11-10-12-23(17-22)29(30)18-24-21-31-27(19-29)33-24/h4-17,24,27,30H,18-21H2,1-3H3/t24-,27+,29-/m0/s1. The van der Waals surface area contributed by atoms with Crippen molar-refractivity contribution in [3.05, 3.63) is 96.1 Å². The fourth-order valence-electron chi connectivity index (χ4n) is 5.60. The zero-order valence-electron chi connectivity index (χ0n) is 20.2. The Bertz CT molecular complexity index is 1060. The van der Waals surface area contributed by atoms with Crippen LogP contribution in [-0.4, -0.2) is 32.4 Å². The summed E-state index contributed by atoms with van der Waals surface area (Å²) in [6, 6.07) is 29.6. The van der Waals surface area contributed by atoms with Gasteiger partial charge < -0.3 is 19.0 Å². The maximum Gasteiger partial charge on any atom is 0.261 e. The lowest BCUT2D eigenvalue weighted by Crippen LogP contribution is -2.66. The summed E-state index contributed by atoms with van der Waals surface area (Å²) in [5, 5.41) is 13.9. The Balaban J connectivity index is 1.49. The lowest BCUT2D eigenvalue weighted by atomic mass is 9.83. The summed E-state index contributed by atoms with van der Waals surface area (Å²) in [5.41, 5.74) is 1.05. The molecule has 2 bridgehead atoms. The topological polar surface area (TPSA) is 47.9 Å². The number of ether oxygens (including phenoxy) is 2. The van der Waals surface area contributed by atoms with Crippen LogP contribution in [0.1, 0.15) is 44.7 Å². The zero-order valence-corrected chi connectivity index (χ0v) is 21.2. The maximum absolute atomic E-state index is 11.5. The van der Waals surface area contributed by atoms with Crippen LogP contribution in [0.2, 0.25) is 5.04 Å². The molecule has 34 heavy (non-hydrogen) atoms. The summed E-state index contributed by atoms with van der Waals surface area (Å²) < 4.78 is 18.5. The van der Waals surface area contributed by atoms with Crippen LogP contribution in [0.5, 0.6) is 0 Å². The number of hydrogen-bond donors (Lipinski definition) is 1. The van der Waals surface area contributed by atoms with Crippen molar-refractivity contribution in [2.75, 3.05) is 6.61 Å². The third-order valence-corrected chi connectivity index (χ3v) is 12.2. The van der Waals surface area contributed by atoms with Gasteiger partial charge in [-0.3, -0.25) is 0 Å². The Kier molecular flexibility index (Phi) is 6.25. The van der Waals surface area contributed by atoms with Gasteiger partial charge >= 0.3 is 0 Å². The Morgan fingerprint density at radius 2 is 1.56 bits per heavy atom. The molecule has 0 saturated carbocycles. The molecule has 5 heteroatoms. The molecule has 0 unspecified atom stereocenters. The molecule has 3 aromatic carbocycles. The van der Waals surface area contributed by atoms with Crippen LogP contribution in [0.15, 0.2) is 84.9 Å². The fraction of sp³-hybridized carbons (Fsp3) is 0.379. The second kappa shape index (κ2) is 9.06. The van der Waals surface area contributed by atoms with Gasteiger partial charge in [0, 0.05) is 12.8 Å². The molecule has 0 aromatic heterocycles. The summed E-state index contributed by atoms with van der Waals surface area (Å²) in [5.74, 6) is 0. The van der Waals surface area contributed by atoms with Crippen LogP contribution in [-0.2, 0) is 26.1 Å². The van der Waals surface area contributed by atoms with Crippen molar-refractivity contribution in [3.63, 3.8) is 0 Å². The summed E-state index contributed by atoms with van der Waals surface area (Å²) in [6.07, 6.45) is 0.659. The Morgan fingerprint density at radius 1 is 0.912 bits per heavy atom. The molecule has 0 amide bonds. The normalized spacial score (nSPS) is 24.8. The molecule has 2 fully saturated rings. The van der Waals surface area contributed by atoms with E-state index in [0.29, 0.717) is 26.1 Å². The highest BCUT2D eigenvalue weighted by atomic mass is 28.4. The smallest absolute Gasteiger partial charge is 0.261 e. The van der Waals surface area contributed by atoms with Crippen molar-refractivity contribution in [1.82, 2.24) is 0 Å².